The number of anilines is 2. The summed E-state index contributed by atoms with van der Waals surface area (Å²) in [4.78, 5) is 22.5. The zero-order valence-corrected chi connectivity index (χ0v) is 22.2. The molecule has 1 atom stereocenters. The SMILES string of the molecule is CN(C(=O)c1ccc2nc(N)c3cnn(C)c3c2c1)[C@@H]1COC(C)(C)c2cc(N3CC4(COC4)C3)ccc21. The van der Waals surface area contributed by atoms with Gasteiger partial charge in [-0.3, -0.25) is 9.48 Å². The zero-order valence-electron chi connectivity index (χ0n) is 22.2. The first-order chi connectivity index (χ1) is 18.2. The molecule has 0 bridgehead atoms. The van der Waals surface area contributed by atoms with Crippen LogP contribution in [0.2, 0.25) is 0 Å². The predicted molar refractivity (Wildman–Crippen MR) is 146 cm³/mol. The largest absolute Gasteiger partial charge is 0.383 e. The summed E-state index contributed by atoms with van der Waals surface area (Å²) in [5, 5.41) is 5.98. The highest BCUT2D eigenvalue weighted by atomic mass is 16.5. The minimum atomic E-state index is -0.437. The van der Waals surface area contributed by atoms with Gasteiger partial charge in [-0.25, -0.2) is 4.98 Å². The topological polar surface area (TPSA) is 98.7 Å². The van der Waals surface area contributed by atoms with Gasteiger partial charge in [0.2, 0.25) is 0 Å². The van der Waals surface area contributed by atoms with Crippen molar-refractivity contribution in [3.05, 3.63) is 59.3 Å². The minimum absolute atomic E-state index is 0.0722. The van der Waals surface area contributed by atoms with Crippen molar-refractivity contribution in [2.45, 2.75) is 25.5 Å². The van der Waals surface area contributed by atoms with Crippen molar-refractivity contribution >= 4 is 39.2 Å². The van der Waals surface area contributed by atoms with Gasteiger partial charge in [0.15, 0.2) is 0 Å². The van der Waals surface area contributed by atoms with Gasteiger partial charge in [-0.05, 0) is 55.3 Å². The molecule has 5 heterocycles. The zero-order chi connectivity index (χ0) is 26.4. The van der Waals surface area contributed by atoms with Crippen LogP contribution in [0.15, 0.2) is 42.6 Å². The van der Waals surface area contributed by atoms with Crippen LogP contribution in [0.4, 0.5) is 11.5 Å². The summed E-state index contributed by atoms with van der Waals surface area (Å²) in [5.41, 5.74) is 11.7. The number of amides is 1. The molecule has 0 saturated carbocycles. The molecule has 196 valence electrons. The number of fused-ring (bicyclic) bond motifs is 4. The number of rotatable bonds is 3. The molecule has 1 spiro atoms. The first kappa shape index (κ1) is 23.4. The number of aryl methyl sites for hydroxylation is 1. The van der Waals surface area contributed by atoms with Crippen LogP contribution >= 0.6 is 0 Å². The van der Waals surface area contributed by atoms with Crippen LogP contribution in [-0.4, -0.2) is 65.5 Å². The second-order valence-electron chi connectivity index (χ2n) is 11.6. The summed E-state index contributed by atoms with van der Waals surface area (Å²) >= 11 is 0. The van der Waals surface area contributed by atoms with Crippen molar-refractivity contribution in [1.29, 1.82) is 0 Å². The average Bonchev–Trinajstić information content (AvgIpc) is 3.24. The molecule has 4 aromatic rings. The van der Waals surface area contributed by atoms with Gasteiger partial charge in [0, 0.05) is 43.8 Å². The number of aromatic nitrogens is 3. The van der Waals surface area contributed by atoms with Crippen LogP contribution in [0, 0.1) is 5.41 Å². The maximum absolute atomic E-state index is 13.8. The molecule has 9 nitrogen and oxygen atoms in total. The maximum Gasteiger partial charge on any atom is 0.254 e. The Balaban J connectivity index is 1.21. The number of pyridine rings is 1. The Kier molecular flexibility index (Phi) is 4.88. The molecule has 2 N–H and O–H groups in total. The Bertz CT molecular complexity index is 1610. The molecular weight excluding hydrogens is 480 g/mol. The van der Waals surface area contributed by atoms with Gasteiger partial charge in [0.05, 0.1) is 59.5 Å². The van der Waals surface area contributed by atoms with Crippen LogP contribution in [0.25, 0.3) is 21.8 Å². The number of carbonyl (C=O) groups is 1. The molecule has 2 aromatic carbocycles. The summed E-state index contributed by atoms with van der Waals surface area (Å²) in [5.74, 6) is 0.362. The highest BCUT2D eigenvalue weighted by molar-refractivity contribution is 6.10. The molecule has 9 heteroatoms. The lowest BCUT2D eigenvalue weighted by atomic mass is 9.77. The van der Waals surface area contributed by atoms with Crippen LogP contribution in [-0.2, 0) is 22.1 Å². The monoisotopic (exact) mass is 512 g/mol. The van der Waals surface area contributed by atoms with Crippen molar-refractivity contribution in [3.8, 4) is 0 Å². The van der Waals surface area contributed by atoms with Gasteiger partial charge in [-0.2, -0.15) is 5.10 Å². The van der Waals surface area contributed by atoms with Gasteiger partial charge in [-0.1, -0.05) is 6.07 Å². The molecule has 0 unspecified atom stereocenters. The third-order valence-electron chi connectivity index (χ3n) is 8.62. The Hall–Kier alpha value is -3.69. The number of hydrogen-bond donors (Lipinski definition) is 1. The first-order valence-corrected chi connectivity index (χ1v) is 13.1. The van der Waals surface area contributed by atoms with Crippen LogP contribution < -0.4 is 10.6 Å². The molecule has 1 amide bonds. The second kappa shape index (κ2) is 7.91. The summed E-state index contributed by atoms with van der Waals surface area (Å²) in [6.45, 7) is 8.43. The van der Waals surface area contributed by atoms with Gasteiger partial charge in [0.25, 0.3) is 5.91 Å². The highest BCUT2D eigenvalue weighted by Crippen LogP contribution is 2.45. The molecule has 0 radical (unpaired) electrons. The van der Waals surface area contributed by atoms with E-state index >= 15 is 0 Å². The summed E-state index contributed by atoms with van der Waals surface area (Å²) in [6, 6.07) is 12.0. The van der Waals surface area contributed by atoms with E-state index in [9.17, 15) is 4.79 Å². The van der Waals surface area contributed by atoms with E-state index in [1.54, 1.807) is 15.8 Å². The van der Waals surface area contributed by atoms with Crippen molar-refractivity contribution in [3.63, 3.8) is 0 Å². The first-order valence-electron chi connectivity index (χ1n) is 13.1. The minimum Gasteiger partial charge on any atom is -0.383 e. The predicted octanol–water partition coefficient (Wildman–Crippen LogP) is 3.62. The number of carbonyl (C=O) groups excluding carboxylic acids is 1. The fourth-order valence-electron chi connectivity index (χ4n) is 6.28. The van der Waals surface area contributed by atoms with E-state index in [1.165, 1.54) is 5.69 Å². The van der Waals surface area contributed by atoms with Crippen molar-refractivity contribution in [1.82, 2.24) is 19.7 Å². The van der Waals surface area contributed by atoms with E-state index in [2.05, 4.69) is 47.0 Å². The number of ether oxygens (including phenoxy) is 2. The lowest BCUT2D eigenvalue weighted by Gasteiger charge is -2.56. The van der Waals surface area contributed by atoms with E-state index in [0.717, 1.165) is 59.2 Å². The summed E-state index contributed by atoms with van der Waals surface area (Å²) in [7, 11) is 3.72. The Labute approximate surface area is 221 Å². The standard InChI is InChI=1S/C29H32N6O3/c1-28(2)22-10-18(35-13-29(14-35)15-37-16-29)6-7-19(22)24(12-38-28)33(3)27(36)17-5-8-23-20(9-17)25-21(26(30)32-23)11-31-34(25)4/h5-11,24H,12-16H2,1-4H3,(H2,30,32)/t24-/m1/s1. The molecule has 38 heavy (non-hydrogen) atoms. The molecule has 3 aliphatic heterocycles. The van der Waals surface area contributed by atoms with E-state index in [4.69, 9.17) is 15.2 Å². The average molecular weight is 513 g/mol. The molecule has 2 fully saturated rings. The third-order valence-corrected chi connectivity index (χ3v) is 8.62. The third kappa shape index (κ3) is 3.34. The number of likely N-dealkylation sites (N-methyl/N-ethyl adjacent to an activating group) is 1. The molecular formula is C29H32N6O3. The van der Waals surface area contributed by atoms with Gasteiger partial charge in [0.1, 0.15) is 5.82 Å². The fourth-order valence-corrected chi connectivity index (χ4v) is 6.28. The van der Waals surface area contributed by atoms with Crippen molar-refractivity contribution < 1.29 is 14.3 Å². The molecule has 2 saturated heterocycles. The summed E-state index contributed by atoms with van der Waals surface area (Å²) in [6.07, 6.45) is 1.71. The van der Waals surface area contributed by atoms with Crippen molar-refractivity contribution in [2.75, 3.05) is 50.6 Å². The van der Waals surface area contributed by atoms with Gasteiger partial charge in [-0.15, -0.1) is 0 Å². The Morgan fingerprint density at radius 1 is 1.13 bits per heavy atom. The lowest BCUT2D eigenvalue weighted by molar-refractivity contribution is -0.127. The van der Waals surface area contributed by atoms with E-state index < -0.39 is 5.60 Å². The lowest BCUT2D eigenvalue weighted by Crippen LogP contribution is -2.66. The molecule has 7 rings (SSSR count). The Morgan fingerprint density at radius 3 is 2.66 bits per heavy atom. The fraction of sp³-hybridized carbons (Fsp3) is 0.414. The van der Waals surface area contributed by atoms with Crippen LogP contribution in [0.3, 0.4) is 0 Å². The van der Waals surface area contributed by atoms with E-state index in [0.29, 0.717) is 23.4 Å². The van der Waals surface area contributed by atoms with Crippen LogP contribution in [0.5, 0.6) is 0 Å². The molecule has 2 aromatic heterocycles. The normalized spacial score (nSPS) is 21.3. The van der Waals surface area contributed by atoms with E-state index in [-0.39, 0.29) is 11.9 Å². The number of hydrogen-bond acceptors (Lipinski definition) is 7. The van der Waals surface area contributed by atoms with Gasteiger partial charge >= 0.3 is 0 Å². The van der Waals surface area contributed by atoms with E-state index in [1.807, 2.05) is 32.3 Å². The number of benzene rings is 2. The maximum atomic E-state index is 13.8. The molecule has 0 aliphatic carbocycles. The number of nitrogens with zero attached hydrogens (tertiary/aromatic N) is 5. The Morgan fingerprint density at radius 2 is 1.92 bits per heavy atom. The highest BCUT2D eigenvalue weighted by Gasteiger charge is 2.49. The number of nitrogens with two attached hydrogens (primary N) is 1. The van der Waals surface area contributed by atoms with Gasteiger partial charge < -0.3 is 25.0 Å². The summed E-state index contributed by atoms with van der Waals surface area (Å²) < 4.78 is 13.6. The number of nitrogen functional groups attached to an aromatic ring is 1. The quantitative estimate of drug-likeness (QED) is 0.448. The van der Waals surface area contributed by atoms with Crippen molar-refractivity contribution in [2.24, 2.45) is 12.5 Å². The van der Waals surface area contributed by atoms with Crippen LogP contribution in [0.1, 0.15) is 41.4 Å². The molecule has 3 aliphatic rings. The second-order valence-corrected chi connectivity index (χ2v) is 11.6. The smallest absolute Gasteiger partial charge is 0.254 e.